The van der Waals surface area contributed by atoms with Crippen LogP contribution in [0.3, 0.4) is 0 Å². The number of nitrogens with two attached hydrogens (primary N) is 1. The molecule has 112 valence electrons. The van der Waals surface area contributed by atoms with Gasteiger partial charge < -0.3 is 15.4 Å². The number of nitrogens with zero attached hydrogens (tertiary/aromatic N) is 1. The lowest BCUT2D eigenvalue weighted by atomic mass is 9.92. The monoisotopic (exact) mass is 276 g/mol. The van der Waals surface area contributed by atoms with Gasteiger partial charge in [0.1, 0.15) is 5.75 Å². The van der Waals surface area contributed by atoms with Crippen LogP contribution < -0.4 is 15.4 Å². The van der Waals surface area contributed by atoms with Crippen LogP contribution in [0.2, 0.25) is 0 Å². The van der Waals surface area contributed by atoms with Crippen molar-refractivity contribution in [3.8, 4) is 5.75 Å². The summed E-state index contributed by atoms with van der Waals surface area (Å²) in [5.41, 5.74) is 8.61. The van der Waals surface area contributed by atoms with Gasteiger partial charge in [-0.05, 0) is 38.8 Å². The molecule has 1 fully saturated rings. The molecule has 0 heterocycles. The number of benzene rings is 1. The molecule has 0 saturated heterocycles. The molecule has 3 heteroatoms. The third kappa shape index (κ3) is 3.09. The molecular weight excluding hydrogens is 248 g/mol. The SMILES string of the molecule is CCN(c1cccc(OC)c1C(C)N)C1CCCCC1. The third-order valence-electron chi connectivity index (χ3n) is 4.38. The zero-order chi connectivity index (χ0) is 14.5. The molecule has 0 spiro atoms. The Kier molecular flexibility index (Phi) is 5.30. The topological polar surface area (TPSA) is 38.5 Å². The molecule has 1 atom stereocenters. The lowest BCUT2D eigenvalue weighted by molar-refractivity contribution is 0.402. The van der Waals surface area contributed by atoms with E-state index >= 15 is 0 Å². The fraction of sp³-hybridized carbons (Fsp3) is 0.647. The summed E-state index contributed by atoms with van der Waals surface area (Å²) in [5, 5.41) is 0. The van der Waals surface area contributed by atoms with Crippen molar-refractivity contribution in [2.24, 2.45) is 5.73 Å². The molecule has 1 aliphatic rings. The highest BCUT2D eigenvalue weighted by atomic mass is 16.5. The molecule has 1 aromatic rings. The standard InChI is InChI=1S/C17H28N2O/c1-4-19(14-9-6-5-7-10-14)15-11-8-12-16(20-3)17(15)13(2)18/h8,11-14H,4-7,9-10,18H2,1-3H3. The average molecular weight is 276 g/mol. The van der Waals surface area contributed by atoms with E-state index in [4.69, 9.17) is 10.5 Å². The van der Waals surface area contributed by atoms with Crippen LogP contribution in [0.4, 0.5) is 5.69 Å². The van der Waals surface area contributed by atoms with Crippen LogP contribution in [0.1, 0.15) is 57.6 Å². The van der Waals surface area contributed by atoms with E-state index in [1.54, 1.807) is 7.11 Å². The Morgan fingerprint density at radius 1 is 1.30 bits per heavy atom. The van der Waals surface area contributed by atoms with Crippen molar-refractivity contribution in [2.75, 3.05) is 18.6 Å². The largest absolute Gasteiger partial charge is 0.496 e. The summed E-state index contributed by atoms with van der Waals surface area (Å²) in [7, 11) is 1.72. The van der Waals surface area contributed by atoms with Crippen LogP contribution in [0.5, 0.6) is 5.75 Å². The van der Waals surface area contributed by atoms with Gasteiger partial charge in [-0.2, -0.15) is 0 Å². The van der Waals surface area contributed by atoms with E-state index in [1.165, 1.54) is 37.8 Å². The van der Waals surface area contributed by atoms with Crippen LogP contribution in [-0.2, 0) is 0 Å². The molecular formula is C17H28N2O. The zero-order valence-corrected chi connectivity index (χ0v) is 13.1. The lowest BCUT2D eigenvalue weighted by Crippen LogP contribution is -2.37. The molecule has 2 N–H and O–H groups in total. The van der Waals surface area contributed by atoms with Gasteiger partial charge in [-0.15, -0.1) is 0 Å². The number of hydrogen-bond donors (Lipinski definition) is 1. The maximum atomic E-state index is 6.21. The van der Waals surface area contributed by atoms with Crippen molar-refractivity contribution >= 4 is 5.69 Å². The third-order valence-corrected chi connectivity index (χ3v) is 4.38. The van der Waals surface area contributed by atoms with E-state index < -0.39 is 0 Å². The minimum Gasteiger partial charge on any atom is -0.496 e. The van der Waals surface area contributed by atoms with Gasteiger partial charge in [0.15, 0.2) is 0 Å². The Morgan fingerprint density at radius 2 is 2.00 bits per heavy atom. The molecule has 0 aliphatic heterocycles. The minimum absolute atomic E-state index is 0.0150. The highest BCUT2D eigenvalue weighted by Crippen LogP contribution is 2.36. The Morgan fingerprint density at radius 3 is 2.55 bits per heavy atom. The molecule has 3 nitrogen and oxygen atoms in total. The summed E-state index contributed by atoms with van der Waals surface area (Å²) >= 11 is 0. The van der Waals surface area contributed by atoms with Gasteiger partial charge in [-0.25, -0.2) is 0 Å². The van der Waals surface area contributed by atoms with Gasteiger partial charge in [-0.3, -0.25) is 0 Å². The average Bonchev–Trinajstić information content (AvgIpc) is 2.48. The fourth-order valence-electron chi connectivity index (χ4n) is 3.44. The smallest absolute Gasteiger partial charge is 0.125 e. The normalized spacial score (nSPS) is 17.8. The predicted molar refractivity (Wildman–Crippen MR) is 85.5 cm³/mol. The van der Waals surface area contributed by atoms with Gasteiger partial charge in [0.05, 0.1) is 7.11 Å². The summed E-state index contributed by atoms with van der Waals surface area (Å²) in [6.45, 7) is 5.30. The second-order valence-electron chi connectivity index (χ2n) is 5.76. The Hall–Kier alpha value is -1.22. The number of hydrogen-bond acceptors (Lipinski definition) is 3. The van der Waals surface area contributed by atoms with E-state index in [0.29, 0.717) is 6.04 Å². The summed E-state index contributed by atoms with van der Waals surface area (Å²) in [6.07, 6.45) is 6.66. The highest BCUT2D eigenvalue weighted by molar-refractivity contribution is 5.61. The van der Waals surface area contributed by atoms with Gasteiger partial charge in [0, 0.05) is 29.9 Å². The first kappa shape index (κ1) is 15.2. The van der Waals surface area contributed by atoms with E-state index in [1.807, 2.05) is 13.0 Å². The van der Waals surface area contributed by atoms with Crippen LogP contribution in [0, 0.1) is 0 Å². The molecule has 1 unspecified atom stereocenters. The predicted octanol–water partition coefficient (Wildman–Crippen LogP) is 3.87. The zero-order valence-electron chi connectivity index (χ0n) is 13.1. The van der Waals surface area contributed by atoms with E-state index in [0.717, 1.165) is 17.9 Å². The van der Waals surface area contributed by atoms with Crippen molar-refractivity contribution in [3.05, 3.63) is 23.8 Å². The number of methoxy groups -OCH3 is 1. The van der Waals surface area contributed by atoms with E-state index in [2.05, 4.69) is 24.0 Å². The van der Waals surface area contributed by atoms with Gasteiger partial charge in [0.25, 0.3) is 0 Å². The van der Waals surface area contributed by atoms with Gasteiger partial charge in [-0.1, -0.05) is 25.3 Å². The maximum Gasteiger partial charge on any atom is 0.125 e. The Balaban J connectivity index is 2.37. The Labute approximate surface area is 123 Å². The number of anilines is 1. The quantitative estimate of drug-likeness (QED) is 0.887. The summed E-state index contributed by atoms with van der Waals surface area (Å²) < 4.78 is 5.52. The molecule has 2 rings (SSSR count). The molecule has 1 aliphatic carbocycles. The van der Waals surface area contributed by atoms with E-state index in [-0.39, 0.29) is 6.04 Å². The molecule has 20 heavy (non-hydrogen) atoms. The summed E-state index contributed by atoms with van der Waals surface area (Å²) in [4.78, 5) is 2.53. The fourth-order valence-corrected chi connectivity index (χ4v) is 3.44. The van der Waals surface area contributed by atoms with Crippen LogP contribution in [0.15, 0.2) is 18.2 Å². The number of ether oxygens (including phenoxy) is 1. The van der Waals surface area contributed by atoms with Crippen molar-refractivity contribution in [3.63, 3.8) is 0 Å². The molecule has 1 saturated carbocycles. The maximum absolute atomic E-state index is 6.21. The van der Waals surface area contributed by atoms with Gasteiger partial charge >= 0.3 is 0 Å². The molecule has 0 aromatic heterocycles. The van der Waals surface area contributed by atoms with Crippen molar-refractivity contribution in [2.45, 2.75) is 58.0 Å². The van der Waals surface area contributed by atoms with Crippen LogP contribution in [0.25, 0.3) is 0 Å². The summed E-state index contributed by atoms with van der Waals surface area (Å²) in [6, 6.07) is 6.92. The lowest BCUT2D eigenvalue weighted by Gasteiger charge is -2.37. The number of rotatable bonds is 5. The van der Waals surface area contributed by atoms with Crippen LogP contribution >= 0.6 is 0 Å². The van der Waals surface area contributed by atoms with Crippen molar-refractivity contribution in [1.82, 2.24) is 0 Å². The highest BCUT2D eigenvalue weighted by Gasteiger charge is 2.24. The summed E-state index contributed by atoms with van der Waals surface area (Å²) in [5.74, 6) is 0.909. The van der Waals surface area contributed by atoms with Crippen molar-refractivity contribution in [1.29, 1.82) is 0 Å². The molecule has 1 aromatic carbocycles. The molecule has 0 bridgehead atoms. The minimum atomic E-state index is -0.0150. The molecule has 0 amide bonds. The first-order valence-electron chi connectivity index (χ1n) is 7.88. The van der Waals surface area contributed by atoms with Gasteiger partial charge in [0.2, 0.25) is 0 Å². The second kappa shape index (κ2) is 6.98. The van der Waals surface area contributed by atoms with Crippen molar-refractivity contribution < 1.29 is 4.74 Å². The second-order valence-corrected chi connectivity index (χ2v) is 5.76. The first-order valence-corrected chi connectivity index (χ1v) is 7.88. The molecule has 0 radical (unpaired) electrons. The van der Waals surface area contributed by atoms with Crippen LogP contribution in [-0.4, -0.2) is 19.7 Å². The first-order chi connectivity index (χ1) is 9.69. The Bertz CT molecular complexity index is 425. The van der Waals surface area contributed by atoms with E-state index in [9.17, 15) is 0 Å².